The Morgan fingerprint density at radius 1 is 1.27 bits per heavy atom. The first kappa shape index (κ1) is 16.8. The molecule has 0 aromatic carbocycles. The molecule has 3 nitrogen and oxygen atoms in total. The van der Waals surface area contributed by atoms with Gasteiger partial charge in [-0.15, -0.1) is 11.6 Å². The van der Waals surface area contributed by atoms with Crippen molar-refractivity contribution in [3.05, 3.63) is 0 Å². The normalized spacial score (nSPS) is 28.1. The van der Waals surface area contributed by atoms with Crippen LogP contribution in [0.15, 0.2) is 0 Å². The molecule has 1 spiro atoms. The average molecular weight is 353 g/mol. The standard InChI is InChI=1S/C15H23ClF2N2OS/c16-7-13(21)19-8-11-1-3-20(4-2-11)22-12-5-14(6-12)9-15(17,18)10-14/h11-12H,1-10H2,(H,19,21). The fraction of sp³-hybridized carbons (Fsp3) is 0.933. The number of amides is 1. The number of hydrogen-bond donors (Lipinski definition) is 1. The van der Waals surface area contributed by atoms with E-state index in [-0.39, 0.29) is 30.0 Å². The second-order valence-corrected chi connectivity index (χ2v) is 8.82. The van der Waals surface area contributed by atoms with Crippen LogP contribution in [0, 0.1) is 11.3 Å². The minimum atomic E-state index is -2.39. The highest BCUT2D eigenvalue weighted by atomic mass is 35.5. The van der Waals surface area contributed by atoms with Crippen LogP contribution in [0.5, 0.6) is 0 Å². The zero-order valence-electron chi connectivity index (χ0n) is 12.6. The molecule has 0 radical (unpaired) electrons. The topological polar surface area (TPSA) is 32.3 Å². The molecule has 3 aliphatic rings. The Morgan fingerprint density at radius 2 is 1.91 bits per heavy atom. The van der Waals surface area contributed by atoms with E-state index < -0.39 is 5.92 Å². The van der Waals surface area contributed by atoms with E-state index >= 15 is 0 Å². The third-order valence-electron chi connectivity index (χ3n) is 5.17. The number of halogens is 3. The van der Waals surface area contributed by atoms with E-state index in [0.717, 1.165) is 38.8 Å². The number of piperidine rings is 1. The van der Waals surface area contributed by atoms with Crippen LogP contribution in [0.25, 0.3) is 0 Å². The van der Waals surface area contributed by atoms with Crippen molar-refractivity contribution in [3.63, 3.8) is 0 Å². The molecule has 0 aromatic rings. The maximum absolute atomic E-state index is 13.0. The van der Waals surface area contributed by atoms with Crippen LogP contribution in [0.4, 0.5) is 8.78 Å². The number of nitrogens with one attached hydrogen (secondary N) is 1. The first-order valence-electron chi connectivity index (χ1n) is 8.02. The molecule has 0 atom stereocenters. The zero-order chi connectivity index (χ0) is 15.8. The summed E-state index contributed by atoms with van der Waals surface area (Å²) in [7, 11) is 0. The lowest BCUT2D eigenvalue weighted by atomic mass is 9.54. The summed E-state index contributed by atoms with van der Waals surface area (Å²) in [6.07, 6.45) is 4.29. The Balaban J connectivity index is 1.30. The summed E-state index contributed by atoms with van der Waals surface area (Å²) in [6.45, 7) is 2.75. The van der Waals surface area contributed by atoms with Crippen molar-refractivity contribution in [2.45, 2.75) is 49.7 Å². The fourth-order valence-corrected chi connectivity index (χ4v) is 5.84. The third-order valence-corrected chi connectivity index (χ3v) is 6.71. The highest BCUT2D eigenvalue weighted by Gasteiger charge is 2.62. The van der Waals surface area contributed by atoms with Gasteiger partial charge in [-0.3, -0.25) is 9.10 Å². The monoisotopic (exact) mass is 352 g/mol. The Morgan fingerprint density at radius 3 is 2.45 bits per heavy atom. The molecule has 2 aliphatic carbocycles. The molecular weight excluding hydrogens is 330 g/mol. The highest BCUT2D eigenvalue weighted by molar-refractivity contribution is 7.97. The van der Waals surface area contributed by atoms with Gasteiger partial charge in [0.05, 0.1) is 0 Å². The summed E-state index contributed by atoms with van der Waals surface area (Å²) in [5, 5.41) is 3.38. The van der Waals surface area contributed by atoms with Gasteiger partial charge < -0.3 is 5.32 Å². The summed E-state index contributed by atoms with van der Waals surface area (Å²) in [4.78, 5) is 11.1. The molecular formula is C15H23ClF2N2OS. The lowest BCUT2D eigenvalue weighted by molar-refractivity contribution is -0.188. The van der Waals surface area contributed by atoms with Gasteiger partial charge in [0.2, 0.25) is 11.8 Å². The van der Waals surface area contributed by atoms with E-state index in [9.17, 15) is 13.6 Å². The Labute approximate surface area is 139 Å². The van der Waals surface area contributed by atoms with Gasteiger partial charge in [-0.25, -0.2) is 8.78 Å². The van der Waals surface area contributed by atoms with Crippen LogP contribution < -0.4 is 5.32 Å². The summed E-state index contributed by atoms with van der Waals surface area (Å²) in [6, 6.07) is 0. The Kier molecular flexibility index (Phi) is 4.91. The smallest absolute Gasteiger partial charge is 0.249 e. The molecule has 1 amide bonds. The number of nitrogens with zero attached hydrogens (tertiary/aromatic N) is 1. The second-order valence-electron chi connectivity index (χ2n) is 7.16. The van der Waals surface area contributed by atoms with Crippen LogP contribution in [-0.4, -0.2) is 46.9 Å². The van der Waals surface area contributed by atoms with Gasteiger partial charge in [-0.05, 0) is 37.0 Å². The van der Waals surface area contributed by atoms with Crippen molar-refractivity contribution in [3.8, 4) is 0 Å². The SMILES string of the molecule is O=C(CCl)NCC1CCN(SC2CC3(C2)CC(F)(F)C3)CC1. The van der Waals surface area contributed by atoms with Crippen LogP contribution in [0.1, 0.15) is 38.5 Å². The molecule has 1 aliphatic heterocycles. The van der Waals surface area contributed by atoms with Crippen molar-refractivity contribution in [2.24, 2.45) is 11.3 Å². The first-order chi connectivity index (χ1) is 10.4. The predicted molar refractivity (Wildman–Crippen MR) is 85.3 cm³/mol. The van der Waals surface area contributed by atoms with E-state index in [2.05, 4.69) is 9.62 Å². The largest absolute Gasteiger partial charge is 0.355 e. The number of hydrogen-bond acceptors (Lipinski definition) is 3. The van der Waals surface area contributed by atoms with Crippen molar-refractivity contribution in [1.82, 2.24) is 9.62 Å². The van der Waals surface area contributed by atoms with Crippen molar-refractivity contribution >= 4 is 29.5 Å². The molecule has 0 aromatic heterocycles. The Bertz CT molecular complexity index is 414. The van der Waals surface area contributed by atoms with Crippen LogP contribution in [0.3, 0.4) is 0 Å². The highest BCUT2D eigenvalue weighted by Crippen LogP contribution is 2.64. The molecule has 0 unspecified atom stereocenters. The summed E-state index contributed by atoms with van der Waals surface area (Å²) >= 11 is 7.33. The average Bonchev–Trinajstić information content (AvgIpc) is 2.42. The third kappa shape index (κ3) is 3.88. The maximum Gasteiger partial charge on any atom is 0.249 e. The van der Waals surface area contributed by atoms with Crippen molar-refractivity contribution in [2.75, 3.05) is 25.5 Å². The van der Waals surface area contributed by atoms with Gasteiger partial charge in [0, 0.05) is 37.7 Å². The van der Waals surface area contributed by atoms with Crippen molar-refractivity contribution in [1.29, 1.82) is 0 Å². The van der Waals surface area contributed by atoms with Gasteiger partial charge in [0.15, 0.2) is 0 Å². The number of carbonyl (C=O) groups excluding carboxylic acids is 1. The van der Waals surface area contributed by atoms with Gasteiger partial charge in [0.25, 0.3) is 0 Å². The molecule has 126 valence electrons. The summed E-state index contributed by atoms with van der Waals surface area (Å²) < 4.78 is 28.3. The molecule has 1 N–H and O–H groups in total. The molecule has 0 bridgehead atoms. The molecule has 1 heterocycles. The van der Waals surface area contributed by atoms with Gasteiger partial charge in [0.1, 0.15) is 5.88 Å². The predicted octanol–water partition coefficient (Wildman–Crippen LogP) is 3.28. The quantitative estimate of drug-likeness (QED) is 0.608. The molecule has 3 fully saturated rings. The van der Waals surface area contributed by atoms with E-state index in [1.165, 1.54) is 0 Å². The Hall–Kier alpha value is -0.0700. The van der Waals surface area contributed by atoms with Crippen molar-refractivity contribution < 1.29 is 13.6 Å². The van der Waals surface area contributed by atoms with Crippen LogP contribution in [0.2, 0.25) is 0 Å². The minimum Gasteiger partial charge on any atom is -0.355 e. The molecule has 22 heavy (non-hydrogen) atoms. The maximum atomic E-state index is 13.0. The summed E-state index contributed by atoms with van der Waals surface area (Å²) in [5.74, 6) is -1.93. The summed E-state index contributed by atoms with van der Waals surface area (Å²) in [5.41, 5.74) is -0.0225. The van der Waals surface area contributed by atoms with Crippen LogP contribution in [-0.2, 0) is 4.79 Å². The number of alkyl halides is 3. The fourth-order valence-electron chi connectivity index (χ4n) is 4.05. The van der Waals surface area contributed by atoms with Gasteiger partial charge >= 0.3 is 0 Å². The minimum absolute atomic E-state index is 0.0225. The molecule has 7 heteroatoms. The molecule has 3 rings (SSSR count). The lowest BCUT2D eigenvalue weighted by Crippen LogP contribution is -2.55. The van der Waals surface area contributed by atoms with Crippen LogP contribution >= 0.6 is 23.5 Å². The zero-order valence-corrected chi connectivity index (χ0v) is 14.2. The van der Waals surface area contributed by atoms with E-state index in [1.807, 2.05) is 11.9 Å². The van der Waals surface area contributed by atoms with E-state index in [1.54, 1.807) is 0 Å². The first-order valence-corrected chi connectivity index (χ1v) is 9.39. The van der Waals surface area contributed by atoms with E-state index in [4.69, 9.17) is 11.6 Å². The van der Waals surface area contributed by atoms with Gasteiger partial charge in [-0.2, -0.15) is 0 Å². The lowest BCUT2D eigenvalue weighted by Gasteiger charge is -2.57. The second kappa shape index (κ2) is 6.44. The number of rotatable bonds is 5. The molecule has 2 saturated carbocycles. The number of carbonyl (C=O) groups is 1. The van der Waals surface area contributed by atoms with Gasteiger partial charge in [-0.1, -0.05) is 11.9 Å². The molecule has 1 saturated heterocycles. The van der Waals surface area contributed by atoms with E-state index in [0.29, 0.717) is 17.7 Å².